The predicted octanol–water partition coefficient (Wildman–Crippen LogP) is 4.43. The monoisotopic (exact) mass is 432 g/mol. The Morgan fingerprint density at radius 1 is 0.968 bits per heavy atom. The van der Waals surface area contributed by atoms with Crippen LogP contribution in [0.2, 0.25) is 0 Å². The molecule has 0 saturated heterocycles. The van der Waals surface area contributed by atoms with Gasteiger partial charge in [0.05, 0.1) is 7.11 Å². The van der Waals surface area contributed by atoms with Crippen LogP contribution in [0.5, 0.6) is 0 Å². The summed E-state index contributed by atoms with van der Waals surface area (Å²) >= 11 is 0. The number of ether oxygens (including phenoxy) is 1. The topological polar surface area (TPSA) is 78.9 Å². The highest BCUT2D eigenvalue weighted by Gasteiger charge is 2.62. The minimum Gasteiger partial charge on any atom is -0.466 e. The summed E-state index contributed by atoms with van der Waals surface area (Å²) in [5.74, 6) is -1.85. The van der Waals surface area contributed by atoms with Crippen LogP contribution in [0, 0.1) is 0 Å². The molecule has 31 heavy (non-hydrogen) atoms. The third-order valence-electron chi connectivity index (χ3n) is 4.87. The highest BCUT2D eigenvalue weighted by atomic mass is 19.4. The molecule has 2 N–H and O–H groups in total. The molecule has 3 rings (SSSR count). The third-order valence-corrected chi connectivity index (χ3v) is 4.87. The number of methoxy groups -OCH3 is 1. The van der Waals surface area contributed by atoms with Gasteiger partial charge in [0.2, 0.25) is 0 Å². The van der Waals surface area contributed by atoms with Gasteiger partial charge in [-0.2, -0.15) is 13.2 Å². The van der Waals surface area contributed by atoms with Crippen LogP contribution in [0.15, 0.2) is 66.7 Å². The molecular weight excluding hydrogens is 413 g/mol. The third kappa shape index (κ3) is 4.17. The van der Waals surface area contributed by atoms with E-state index in [0.717, 1.165) is 30.0 Å². The average molecular weight is 432 g/mol. The molecule has 0 aliphatic heterocycles. The Morgan fingerprint density at radius 3 is 2.16 bits per heavy atom. The number of hydrogen-bond donors (Lipinski definition) is 2. The van der Waals surface area contributed by atoms with Gasteiger partial charge >= 0.3 is 18.2 Å². The number of nitrogens with zero attached hydrogens (tertiary/aromatic N) is 1. The summed E-state index contributed by atoms with van der Waals surface area (Å²) in [6.07, 6.45) is -5.29. The quantitative estimate of drug-likeness (QED) is 0.598. The van der Waals surface area contributed by atoms with Crippen molar-refractivity contribution >= 4 is 34.1 Å². The lowest BCUT2D eigenvalue weighted by molar-refractivity contribution is -0.266. The minimum absolute atomic E-state index is 0.247. The number of rotatable bonds is 4. The smallest absolute Gasteiger partial charge is 0.432 e. The number of benzene rings is 3. The standard InChI is InChI=1S/C22H19F3N2O4/c1-27(20(29)26-17-10-7-14-5-3-4-6-15(14)13-17)18-11-8-16(9-12-18)21(30,19(28)31-2)22(23,24)25/h3-13,30H,1-2H3,(H,26,29). The van der Waals surface area contributed by atoms with Gasteiger partial charge in [0.25, 0.3) is 5.60 Å². The first-order valence-corrected chi connectivity index (χ1v) is 9.09. The van der Waals surface area contributed by atoms with Crippen molar-refractivity contribution in [2.75, 3.05) is 24.4 Å². The van der Waals surface area contributed by atoms with Crippen molar-refractivity contribution in [1.29, 1.82) is 0 Å². The Bertz CT molecular complexity index is 1120. The van der Waals surface area contributed by atoms with Crippen molar-refractivity contribution in [1.82, 2.24) is 0 Å². The number of urea groups is 1. The van der Waals surface area contributed by atoms with Gasteiger partial charge < -0.3 is 15.2 Å². The first kappa shape index (κ1) is 22.1. The van der Waals surface area contributed by atoms with Crippen LogP contribution in [-0.2, 0) is 15.1 Å². The molecule has 0 aliphatic rings. The number of anilines is 2. The molecule has 0 radical (unpaired) electrons. The van der Waals surface area contributed by atoms with E-state index < -0.39 is 29.3 Å². The van der Waals surface area contributed by atoms with E-state index in [9.17, 15) is 27.9 Å². The molecule has 0 heterocycles. The van der Waals surface area contributed by atoms with E-state index in [-0.39, 0.29) is 5.69 Å². The van der Waals surface area contributed by atoms with Crippen molar-refractivity contribution in [2.45, 2.75) is 11.8 Å². The van der Waals surface area contributed by atoms with Crippen molar-refractivity contribution in [3.8, 4) is 0 Å². The van der Waals surface area contributed by atoms with Crippen LogP contribution in [-0.4, -0.2) is 37.4 Å². The fraction of sp³-hybridized carbons (Fsp3) is 0.182. The Morgan fingerprint density at radius 2 is 1.58 bits per heavy atom. The maximum absolute atomic E-state index is 13.3. The largest absolute Gasteiger partial charge is 0.466 e. The second kappa shape index (κ2) is 8.27. The number of halogens is 3. The molecule has 1 unspecified atom stereocenters. The molecule has 0 fully saturated rings. The van der Waals surface area contributed by atoms with Crippen molar-refractivity contribution < 1.29 is 32.6 Å². The van der Waals surface area contributed by atoms with Crippen molar-refractivity contribution in [3.05, 3.63) is 72.3 Å². The minimum atomic E-state index is -5.29. The second-order valence-electron chi connectivity index (χ2n) is 6.80. The molecule has 0 aromatic heterocycles. The van der Waals surface area contributed by atoms with Crippen LogP contribution in [0.3, 0.4) is 0 Å². The molecule has 0 aliphatic carbocycles. The first-order valence-electron chi connectivity index (χ1n) is 9.09. The van der Waals surface area contributed by atoms with Gasteiger partial charge in [0, 0.05) is 24.0 Å². The molecule has 1 atom stereocenters. The van der Waals surface area contributed by atoms with Gasteiger partial charge in [-0.1, -0.05) is 42.5 Å². The zero-order chi connectivity index (χ0) is 22.8. The number of amides is 2. The van der Waals surface area contributed by atoms with E-state index >= 15 is 0 Å². The highest BCUT2D eigenvalue weighted by Crippen LogP contribution is 2.40. The fourth-order valence-electron chi connectivity index (χ4n) is 3.06. The molecule has 0 saturated carbocycles. The van der Waals surface area contributed by atoms with Crippen LogP contribution in [0.4, 0.5) is 29.3 Å². The van der Waals surface area contributed by atoms with E-state index in [1.807, 2.05) is 30.3 Å². The van der Waals surface area contributed by atoms with E-state index in [4.69, 9.17) is 0 Å². The fourth-order valence-corrected chi connectivity index (χ4v) is 3.06. The Hall–Kier alpha value is -3.59. The number of carbonyl (C=O) groups is 2. The van der Waals surface area contributed by atoms with Gasteiger partial charge in [-0.3, -0.25) is 4.90 Å². The summed E-state index contributed by atoms with van der Waals surface area (Å²) in [5, 5.41) is 14.7. The highest BCUT2D eigenvalue weighted by molar-refractivity contribution is 6.02. The number of alkyl halides is 3. The van der Waals surface area contributed by atoms with Crippen LogP contribution in [0.1, 0.15) is 5.56 Å². The molecule has 3 aromatic carbocycles. The second-order valence-corrected chi connectivity index (χ2v) is 6.80. The van der Waals surface area contributed by atoms with E-state index in [1.54, 1.807) is 12.1 Å². The van der Waals surface area contributed by atoms with Crippen molar-refractivity contribution in [2.24, 2.45) is 0 Å². The van der Waals surface area contributed by atoms with Gasteiger partial charge in [0.15, 0.2) is 0 Å². The number of fused-ring (bicyclic) bond motifs is 1. The number of aliphatic hydroxyl groups is 1. The molecular formula is C22H19F3N2O4. The van der Waals surface area contributed by atoms with Crippen LogP contribution in [0.25, 0.3) is 10.8 Å². The van der Waals surface area contributed by atoms with Gasteiger partial charge in [-0.25, -0.2) is 9.59 Å². The summed E-state index contributed by atoms with van der Waals surface area (Å²) in [5.41, 5.74) is -3.74. The lowest BCUT2D eigenvalue weighted by Crippen LogP contribution is -2.49. The Labute approximate surface area is 175 Å². The maximum Gasteiger partial charge on any atom is 0.432 e. The summed E-state index contributed by atoms with van der Waals surface area (Å²) < 4.78 is 44.2. The molecule has 9 heteroatoms. The van der Waals surface area contributed by atoms with Gasteiger partial charge in [-0.15, -0.1) is 0 Å². The molecule has 3 aromatic rings. The van der Waals surface area contributed by atoms with Gasteiger partial charge in [-0.05, 0) is 35.0 Å². The Kier molecular flexibility index (Phi) is 5.90. The SMILES string of the molecule is COC(=O)C(O)(c1ccc(N(C)C(=O)Nc2ccc3ccccc3c2)cc1)C(F)(F)F. The van der Waals surface area contributed by atoms with Crippen LogP contribution < -0.4 is 10.2 Å². The maximum atomic E-state index is 13.3. The molecule has 6 nitrogen and oxygen atoms in total. The van der Waals surface area contributed by atoms with Gasteiger partial charge in [0.1, 0.15) is 0 Å². The van der Waals surface area contributed by atoms with Crippen molar-refractivity contribution in [3.63, 3.8) is 0 Å². The van der Waals surface area contributed by atoms with E-state index in [1.165, 1.54) is 24.1 Å². The lowest BCUT2D eigenvalue weighted by atomic mass is 9.93. The number of hydrogen-bond acceptors (Lipinski definition) is 4. The summed E-state index contributed by atoms with van der Waals surface area (Å²) in [4.78, 5) is 25.4. The number of carbonyl (C=O) groups excluding carboxylic acids is 2. The lowest BCUT2D eigenvalue weighted by Gasteiger charge is -2.28. The number of nitrogens with one attached hydrogen (secondary N) is 1. The summed E-state index contributed by atoms with van der Waals surface area (Å²) in [6.45, 7) is 0. The first-order chi connectivity index (χ1) is 14.6. The number of esters is 1. The zero-order valence-corrected chi connectivity index (χ0v) is 16.6. The van der Waals surface area contributed by atoms with Crippen LogP contribution >= 0.6 is 0 Å². The molecule has 162 valence electrons. The molecule has 0 bridgehead atoms. The molecule has 0 spiro atoms. The van der Waals surface area contributed by atoms with E-state index in [2.05, 4.69) is 10.1 Å². The average Bonchev–Trinajstić information content (AvgIpc) is 2.76. The van der Waals surface area contributed by atoms with E-state index in [0.29, 0.717) is 5.69 Å². The Balaban J connectivity index is 1.80. The predicted molar refractivity (Wildman–Crippen MR) is 110 cm³/mol. The summed E-state index contributed by atoms with van der Waals surface area (Å²) in [7, 11) is 2.18. The summed E-state index contributed by atoms with van der Waals surface area (Å²) in [6, 6.07) is 16.7. The molecule has 2 amide bonds. The normalized spacial score (nSPS) is 13.4. The zero-order valence-electron chi connectivity index (χ0n) is 16.6.